The SMILES string of the molecule is COc1cc2c(cc1Nc1ncc(Br)c(Nc3cnc4ccccc4c3P(C)(C)=O)n1)OC[C@H]1CN(C3CCN(C)CC3)CCN21. The van der Waals surface area contributed by atoms with Gasteiger partial charge in [-0.3, -0.25) is 9.88 Å². The fraction of sp³-hybridized carbons (Fsp3) is 0.424. The number of likely N-dealkylation sites (tertiary alicyclic amines) is 1. The molecule has 0 amide bonds. The van der Waals surface area contributed by atoms with Crippen LogP contribution in [0.5, 0.6) is 11.5 Å². The van der Waals surface area contributed by atoms with E-state index in [-0.39, 0.29) is 0 Å². The first-order chi connectivity index (χ1) is 22.2. The van der Waals surface area contributed by atoms with Gasteiger partial charge in [0, 0.05) is 54.7 Å². The summed E-state index contributed by atoms with van der Waals surface area (Å²) in [6.45, 7) is 9.54. The Labute approximate surface area is 278 Å². The summed E-state index contributed by atoms with van der Waals surface area (Å²) in [4.78, 5) is 21.4. The highest BCUT2D eigenvalue weighted by Crippen LogP contribution is 2.44. The number of aromatic nitrogens is 3. The molecule has 2 saturated heterocycles. The number of piperidine rings is 1. The van der Waals surface area contributed by atoms with Crippen LogP contribution >= 0.6 is 23.1 Å². The molecule has 46 heavy (non-hydrogen) atoms. The van der Waals surface area contributed by atoms with Gasteiger partial charge in [0.15, 0.2) is 0 Å². The summed E-state index contributed by atoms with van der Waals surface area (Å²) < 4.78 is 26.3. The fourth-order valence-corrected chi connectivity index (χ4v) is 8.69. The number of fused-ring (bicyclic) bond motifs is 4. The molecular weight excluding hydrogens is 667 g/mol. The predicted molar refractivity (Wildman–Crippen MR) is 189 cm³/mol. The van der Waals surface area contributed by atoms with Crippen LogP contribution < -0.4 is 30.3 Å². The molecule has 4 aromatic rings. The van der Waals surface area contributed by atoms with E-state index in [1.165, 1.54) is 25.9 Å². The minimum Gasteiger partial charge on any atom is -0.494 e. The molecule has 3 aliphatic heterocycles. The number of ether oxygens (including phenoxy) is 2. The summed E-state index contributed by atoms with van der Waals surface area (Å²) in [6.07, 6.45) is 5.86. The van der Waals surface area contributed by atoms with Crippen molar-refractivity contribution in [1.29, 1.82) is 0 Å². The van der Waals surface area contributed by atoms with Crippen molar-refractivity contribution in [1.82, 2.24) is 24.8 Å². The Balaban J connectivity index is 1.12. The van der Waals surface area contributed by atoms with Crippen molar-refractivity contribution in [2.75, 3.05) is 82.4 Å². The van der Waals surface area contributed by atoms with E-state index in [9.17, 15) is 4.57 Å². The number of benzene rings is 2. The van der Waals surface area contributed by atoms with Crippen molar-refractivity contribution in [3.63, 3.8) is 0 Å². The van der Waals surface area contributed by atoms with Crippen LogP contribution in [0, 0.1) is 0 Å². The van der Waals surface area contributed by atoms with E-state index in [2.05, 4.69) is 64.3 Å². The number of pyridine rings is 1. The number of hydrogen-bond donors (Lipinski definition) is 2. The molecule has 242 valence electrons. The molecule has 2 fully saturated rings. The first kappa shape index (κ1) is 31.2. The minimum atomic E-state index is -2.68. The Morgan fingerprint density at radius 2 is 1.80 bits per heavy atom. The van der Waals surface area contributed by atoms with Crippen molar-refractivity contribution in [3.05, 3.63) is 53.3 Å². The van der Waals surface area contributed by atoms with Crippen LogP contribution in [0.1, 0.15) is 12.8 Å². The molecule has 0 spiro atoms. The molecule has 13 heteroatoms. The number of para-hydroxylation sites is 1. The third-order valence-corrected chi connectivity index (χ3v) is 11.4. The zero-order valence-electron chi connectivity index (χ0n) is 26.7. The van der Waals surface area contributed by atoms with Gasteiger partial charge in [-0.25, -0.2) is 4.98 Å². The molecule has 0 saturated carbocycles. The lowest BCUT2D eigenvalue weighted by atomic mass is 10.00. The Hall–Kier alpha value is -3.44. The zero-order valence-corrected chi connectivity index (χ0v) is 29.1. The summed E-state index contributed by atoms with van der Waals surface area (Å²) in [6, 6.07) is 12.7. The number of nitrogens with one attached hydrogen (secondary N) is 2. The molecule has 5 heterocycles. The van der Waals surface area contributed by atoms with Crippen molar-refractivity contribution in [2.45, 2.75) is 24.9 Å². The quantitative estimate of drug-likeness (QED) is 0.238. The summed E-state index contributed by atoms with van der Waals surface area (Å²) in [7, 11) is 1.20. The maximum Gasteiger partial charge on any atom is 0.229 e. The molecule has 11 nitrogen and oxygen atoms in total. The minimum absolute atomic E-state index is 0.309. The number of halogens is 1. The lowest BCUT2D eigenvalue weighted by Gasteiger charge is -2.49. The number of piperazine rings is 1. The van der Waals surface area contributed by atoms with Gasteiger partial charge < -0.3 is 34.5 Å². The Bertz CT molecular complexity index is 1810. The first-order valence-corrected chi connectivity index (χ1v) is 19.1. The van der Waals surface area contributed by atoms with E-state index >= 15 is 0 Å². The molecule has 1 atom stereocenters. The van der Waals surface area contributed by atoms with Crippen LogP contribution in [-0.2, 0) is 4.57 Å². The van der Waals surface area contributed by atoms with E-state index in [1.807, 2.05) is 30.3 Å². The molecule has 2 aromatic carbocycles. The van der Waals surface area contributed by atoms with Gasteiger partial charge in [0.2, 0.25) is 5.95 Å². The average Bonchev–Trinajstić information content (AvgIpc) is 3.05. The summed E-state index contributed by atoms with van der Waals surface area (Å²) >= 11 is 3.58. The van der Waals surface area contributed by atoms with Crippen LogP contribution in [0.4, 0.5) is 28.8 Å². The number of rotatable bonds is 7. The monoisotopic (exact) mass is 706 g/mol. The first-order valence-electron chi connectivity index (χ1n) is 15.7. The van der Waals surface area contributed by atoms with E-state index in [0.717, 1.165) is 47.3 Å². The van der Waals surface area contributed by atoms with Crippen LogP contribution in [0.15, 0.2) is 53.3 Å². The van der Waals surface area contributed by atoms with E-state index in [4.69, 9.17) is 14.5 Å². The van der Waals surface area contributed by atoms with Crippen molar-refractivity contribution < 1.29 is 14.0 Å². The summed E-state index contributed by atoms with van der Waals surface area (Å²) in [5.41, 5.74) is 3.20. The van der Waals surface area contributed by atoms with E-state index in [1.54, 1.807) is 32.8 Å². The summed E-state index contributed by atoms with van der Waals surface area (Å²) in [5.74, 6) is 2.38. The van der Waals surface area contributed by atoms with Gasteiger partial charge >= 0.3 is 0 Å². The molecule has 2 aromatic heterocycles. The van der Waals surface area contributed by atoms with Crippen molar-refractivity contribution >= 4 is 68.1 Å². The van der Waals surface area contributed by atoms with Gasteiger partial charge in [-0.05, 0) is 68.3 Å². The van der Waals surface area contributed by atoms with Gasteiger partial charge in [0.1, 0.15) is 31.1 Å². The predicted octanol–water partition coefficient (Wildman–Crippen LogP) is 5.51. The largest absolute Gasteiger partial charge is 0.494 e. The molecule has 0 aliphatic carbocycles. The Morgan fingerprint density at radius 3 is 2.59 bits per heavy atom. The Kier molecular flexibility index (Phi) is 8.56. The molecule has 0 unspecified atom stereocenters. The molecule has 2 N–H and O–H groups in total. The second-order valence-electron chi connectivity index (χ2n) is 12.7. The smallest absolute Gasteiger partial charge is 0.229 e. The highest BCUT2D eigenvalue weighted by atomic mass is 79.9. The van der Waals surface area contributed by atoms with Crippen LogP contribution in [-0.4, -0.2) is 104 Å². The topological polar surface area (TPSA) is 108 Å². The molecule has 7 rings (SSSR count). The standard InChI is InChI=1S/C33H40BrN8O3P/c1-40-11-9-21(10-12-40)41-13-14-42-22(19-41)20-45-30-15-26(29(44-2)16-28(30)42)38-33-36-17-24(34)32(39-33)37-27-18-35-25-8-6-5-7-23(25)31(27)46(3,4)43/h5-8,15-18,21-22H,9-14,19-20H2,1-4H3,(H2,36,37,38,39)/t22-/m1/s1. The van der Waals surface area contributed by atoms with Gasteiger partial charge in [-0.2, -0.15) is 4.98 Å². The van der Waals surface area contributed by atoms with Gasteiger partial charge in [0.05, 0.1) is 46.4 Å². The third-order valence-electron chi connectivity index (χ3n) is 9.27. The van der Waals surface area contributed by atoms with Gasteiger partial charge in [-0.1, -0.05) is 18.2 Å². The summed E-state index contributed by atoms with van der Waals surface area (Å²) in [5, 5.41) is 8.29. The number of hydrogen-bond acceptors (Lipinski definition) is 11. The second-order valence-corrected chi connectivity index (χ2v) is 16.7. The van der Waals surface area contributed by atoms with Crippen molar-refractivity contribution in [3.8, 4) is 11.5 Å². The number of methoxy groups -OCH3 is 1. The highest BCUT2D eigenvalue weighted by molar-refractivity contribution is 9.10. The lowest BCUT2D eigenvalue weighted by Crippen LogP contribution is -2.60. The third kappa shape index (κ3) is 6.15. The van der Waals surface area contributed by atoms with Crippen LogP contribution in [0.3, 0.4) is 0 Å². The zero-order chi connectivity index (χ0) is 32.0. The van der Waals surface area contributed by atoms with Crippen LogP contribution in [0.25, 0.3) is 10.9 Å². The number of anilines is 5. The molecule has 0 radical (unpaired) electrons. The van der Waals surface area contributed by atoms with E-state index < -0.39 is 7.14 Å². The van der Waals surface area contributed by atoms with Crippen molar-refractivity contribution in [2.24, 2.45) is 0 Å². The molecule has 0 bridgehead atoms. The fourth-order valence-electron chi connectivity index (χ4n) is 6.93. The average molecular weight is 708 g/mol. The Morgan fingerprint density at radius 1 is 1.00 bits per heavy atom. The maximum atomic E-state index is 13.5. The highest BCUT2D eigenvalue weighted by Gasteiger charge is 2.36. The van der Waals surface area contributed by atoms with Crippen LogP contribution in [0.2, 0.25) is 0 Å². The molecule has 3 aliphatic rings. The van der Waals surface area contributed by atoms with Gasteiger partial charge in [0.25, 0.3) is 0 Å². The second kappa shape index (κ2) is 12.6. The lowest BCUT2D eigenvalue weighted by molar-refractivity contribution is 0.0868. The van der Waals surface area contributed by atoms with E-state index in [0.29, 0.717) is 52.1 Å². The molecular formula is C33H40BrN8O3P. The normalized spacial score (nSPS) is 19.3. The number of nitrogens with zero attached hydrogens (tertiary/aromatic N) is 6. The maximum absolute atomic E-state index is 13.5. The van der Waals surface area contributed by atoms with Gasteiger partial charge in [-0.15, -0.1) is 0 Å².